The summed E-state index contributed by atoms with van der Waals surface area (Å²) in [6, 6.07) is 8.59. The standard InChI is InChI=1S/C14H19NO3S/c1-3-4-13(9-10-15)11-18-19(16,17)14-7-5-12(2)6-8-14/h5-8,13H,3-4,9,11H2,1-2H3/t13-/m1/s1. The van der Waals surface area contributed by atoms with Crippen LogP contribution in [0, 0.1) is 24.2 Å². The van der Waals surface area contributed by atoms with Gasteiger partial charge in [0.15, 0.2) is 0 Å². The lowest BCUT2D eigenvalue weighted by Crippen LogP contribution is -2.14. The third-order valence-electron chi connectivity index (χ3n) is 2.85. The quantitative estimate of drug-likeness (QED) is 0.720. The lowest BCUT2D eigenvalue weighted by atomic mass is 10.0. The topological polar surface area (TPSA) is 67.2 Å². The van der Waals surface area contributed by atoms with Crippen LogP contribution in [0.25, 0.3) is 0 Å². The molecular formula is C14H19NO3S. The Kier molecular flexibility index (Phi) is 6.00. The molecule has 1 aromatic carbocycles. The summed E-state index contributed by atoms with van der Waals surface area (Å²) in [5, 5.41) is 8.69. The van der Waals surface area contributed by atoms with Gasteiger partial charge < -0.3 is 0 Å². The molecule has 104 valence electrons. The SMILES string of the molecule is CCC[C@H](CC#N)COS(=O)(=O)c1ccc(C)cc1. The molecule has 0 bridgehead atoms. The van der Waals surface area contributed by atoms with Crippen LogP contribution in [0.2, 0.25) is 0 Å². The minimum Gasteiger partial charge on any atom is -0.266 e. The first-order chi connectivity index (χ1) is 8.99. The summed E-state index contributed by atoms with van der Waals surface area (Å²) in [5.41, 5.74) is 0.993. The first kappa shape index (κ1) is 15.7. The van der Waals surface area contributed by atoms with Gasteiger partial charge in [-0.15, -0.1) is 0 Å². The van der Waals surface area contributed by atoms with Crippen molar-refractivity contribution < 1.29 is 12.6 Å². The fourth-order valence-corrected chi connectivity index (χ4v) is 2.72. The maximum atomic E-state index is 12.0. The Morgan fingerprint density at radius 3 is 2.47 bits per heavy atom. The molecule has 0 aliphatic rings. The van der Waals surface area contributed by atoms with Gasteiger partial charge in [0, 0.05) is 6.42 Å². The van der Waals surface area contributed by atoms with Gasteiger partial charge in [-0.05, 0) is 31.4 Å². The third kappa shape index (κ3) is 5.01. The highest BCUT2D eigenvalue weighted by molar-refractivity contribution is 7.86. The number of nitrogens with zero attached hydrogens (tertiary/aromatic N) is 1. The summed E-state index contributed by atoms with van der Waals surface area (Å²) in [7, 11) is -3.72. The molecule has 0 N–H and O–H groups in total. The molecule has 0 heterocycles. The zero-order chi connectivity index (χ0) is 14.3. The molecule has 0 radical (unpaired) electrons. The molecule has 5 heteroatoms. The third-order valence-corrected chi connectivity index (χ3v) is 4.14. The van der Waals surface area contributed by atoms with Gasteiger partial charge in [-0.1, -0.05) is 31.0 Å². The van der Waals surface area contributed by atoms with Crippen molar-refractivity contribution >= 4 is 10.1 Å². The molecule has 1 rings (SSSR count). The Labute approximate surface area is 115 Å². The summed E-state index contributed by atoms with van der Waals surface area (Å²) < 4.78 is 28.9. The predicted octanol–water partition coefficient (Wildman–Crippen LogP) is 3.03. The molecule has 0 aliphatic carbocycles. The molecular weight excluding hydrogens is 262 g/mol. The van der Waals surface area contributed by atoms with Crippen molar-refractivity contribution in [3.05, 3.63) is 29.8 Å². The van der Waals surface area contributed by atoms with E-state index < -0.39 is 10.1 Å². The van der Waals surface area contributed by atoms with E-state index in [9.17, 15) is 8.42 Å². The van der Waals surface area contributed by atoms with Crippen molar-refractivity contribution in [2.75, 3.05) is 6.61 Å². The van der Waals surface area contributed by atoms with E-state index in [1.165, 1.54) is 12.1 Å². The van der Waals surface area contributed by atoms with Crippen molar-refractivity contribution in [3.8, 4) is 6.07 Å². The van der Waals surface area contributed by atoms with Crippen LogP contribution in [0.15, 0.2) is 29.2 Å². The molecule has 0 fully saturated rings. The second-order valence-electron chi connectivity index (χ2n) is 4.57. The molecule has 0 aromatic heterocycles. The van der Waals surface area contributed by atoms with Crippen molar-refractivity contribution in [2.45, 2.75) is 38.0 Å². The summed E-state index contributed by atoms with van der Waals surface area (Å²) in [6.45, 7) is 3.96. The minimum absolute atomic E-state index is 0.0322. The van der Waals surface area contributed by atoms with Crippen LogP contribution in [0.4, 0.5) is 0 Å². The van der Waals surface area contributed by atoms with Gasteiger partial charge >= 0.3 is 0 Å². The van der Waals surface area contributed by atoms with E-state index in [0.29, 0.717) is 6.42 Å². The fraction of sp³-hybridized carbons (Fsp3) is 0.500. The maximum absolute atomic E-state index is 12.0. The van der Waals surface area contributed by atoms with E-state index in [-0.39, 0.29) is 17.4 Å². The molecule has 0 unspecified atom stereocenters. The first-order valence-electron chi connectivity index (χ1n) is 6.32. The summed E-state index contributed by atoms with van der Waals surface area (Å²) >= 11 is 0. The van der Waals surface area contributed by atoms with Crippen molar-refractivity contribution in [2.24, 2.45) is 5.92 Å². The number of aryl methyl sites for hydroxylation is 1. The zero-order valence-corrected chi connectivity index (χ0v) is 12.1. The Morgan fingerprint density at radius 1 is 1.32 bits per heavy atom. The number of hydrogen-bond acceptors (Lipinski definition) is 4. The predicted molar refractivity (Wildman–Crippen MR) is 72.9 cm³/mol. The first-order valence-corrected chi connectivity index (χ1v) is 7.73. The molecule has 19 heavy (non-hydrogen) atoms. The fourth-order valence-electron chi connectivity index (χ4n) is 1.74. The van der Waals surface area contributed by atoms with E-state index >= 15 is 0 Å². The van der Waals surface area contributed by atoms with Gasteiger partial charge in [0.1, 0.15) is 0 Å². The second-order valence-corrected chi connectivity index (χ2v) is 6.18. The van der Waals surface area contributed by atoms with Gasteiger partial charge in [0.05, 0.1) is 17.6 Å². The van der Waals surface area contributed by atoms with E-state index in [4.69, 9.17) is 9.44 Å². The van der Waals surface area contributed by atoms with E-state index in [2.05, 4.69) is 6.07 Å². The molecule has 0 amide bonds. The Hall–Kier alpha value is -1.38. The lowest BCUT2D eigenvalue weighted by molar-refractivity contribution is 0.247. The van der Waals surface area contributed by atoms with Gasteiger partial charge in [-0.2, -0.15) is 13.7 Å². The molecule has 0 aliphatic heterocycles. The number of rotatable bonds is 7. The highest BCUT2D eigenvalue weighted by Crippen LogP contribution is 2.17. The minimum atomic E-state index is -3.72. The molecule has 1 aromatic rings. The summed E-state index contributed by atoms with van der Waals surface area (Å²) in [4.78, 5) is 0.158. The maximum Gasteiger partial charge on any atom is 0.296 e. The van der Waals surface area contributed by atoms with E-state index in [1.807, 2.05) is 13.8 Å². The normalized spacial score (nSPS) is 12.9. The van der Waals surface area contributed by atoms with Crippen LogP contribution in [-0.2, 0) is 14.3 Å². The molecule has 1 atom stereocenters. The number of hydrogen-bond donors (Lipinski definition) is 0. The molecule has 0 saturated heterocycles. The van der Waals surface area contributed by atoms with Gasteiger partial charge in [0.25, 0.3) is 10.1 Å². The molecule has 0 saturated carbocycles. The van der Waals surface area contributed by atoms with Crippen LogP contribution >= 0.6 is 0 Å². The van der Waals surface area contributed by atoms with Crippen LogP contribution < -0.4 is 0 Å². The Bertz CT molecular complexity index is 529. The lowest BCUT2D eigenvalue weighted by Gasteiger charge is -2.12. The molecule has 4 nitrogen and oxygen atoms in total. The Morgan fingerprint density at radius 2 is 1.95 bits per heavy atom. The van der Waals surface area contributed by atoms with Crippen molar-refractivity contribution in [1.29, 1.82) is 5.26 Å². The van der Waals surface area contributed by atoms with E-state index in [0.717, 1.165) is 18.4 Å². The zero-order valence-electron chi connectivity index (χ0n) is 11.3. The van der Waals surface area contributed by atoms with Crippen LogP contribution in [0.3, 0.4) is 0 Å². The monoisotopic (exact) mass is 281 g/mol. The number of benzene rings is 1. The van der Waals surface area contributed by atoms with Gasteiger partial charge in [-0.3, -0.25) is 4.18 Å². The highest BCUT2D eigenvalue weighted by atomic mass is 32.2. The average molecular weight is 281 g/mol. The largest absolute Gasteiger partial charge is 0.296 e. The highest BCUT2D eigenvalue weighted by Gasteiger charge is 2.18. The molecule has 0 spiro atoms. The average Bonchev–Trinajstić information content (AvgIpc) is 2.37. The van der Waals surface area contributed by atoms with Gasteiger partial charge in [-0.25, -0.2) is 0 Å². The van der Waals surface area contributed by atoms with Gasteiger partial charge in [0.2, 0.25) is 0 Å². The van der Waals surface area contributed by atoms with Crippen LogP contribution in [0.1, 0.15) is 31.7 Å². The second kappa shape index (κ2) is 7.27. The van der Waals surface area contributed by atoms with Crippen LogP contribution in [0.5, 0.6) is 0 Å². The van der Waals surface area contributed by atoms with Crippen LogP contribution in [-0.4, -0.2) is 15.0 Å². The summed E-state index contributed by atoms with van der Waals surface area (Å²) in [5.74, 6) is -0.0322. The van der Waals surface area contributed by atoms with Crippen molar-refractivity contribution in [3.63, 3.8) is 0 Å². The Balaban J connectivity index is 2.69. The van der Waals surface area contributed by atoms with Crippen molar-refractivity contribution in [1.82, 2.24) is 0 Å². The number of nitriles is 1. The summed E-state index contributed by atoms with van der Waals surface area (Å²) in [6.07, 6.45) is 2.01. The smallest absolute Gasteiger partial charge is 0.266 e. The van der Waals surface area contributed by atoms with E-state index in [1.54, 1.807) is 12.1 Å².